The highest BCUT2D eigenvalue weighted by Crippen LogP contribution is 2.41. The van der Waals surface area contributed by atoms with Crippen molar-refractivity contribution in [1.82, 2.24) is 4.90 Å². The zero-order valence-electron chi connectivity index (χ0n) is 17.1. The fourth-order valence-corrected chi connectivity index (χ4v) is 3.99. The second-order valence-corrected chi connectivity index (χ2v) is 7.91. The fraction of sp³-hybridized carbons (Fsp3) is 0.231. The van der Waals surface area contributed by atoms with E-state index in [0.717, 1.165) is 5.56 Å². The van der Waals surface area contributed by atoms with Gasteiger partial charge in [-0.05, 0) is 54.5 Å². The van der Waals surface area contributed by atoms with Gasteiger partial charge in [0.1, 0.15) is 6.04 Å². The Bertz CT molecular complexity index is 1030. The summed E-state index contributed by atoms with van der Waals surface area (Å²) in [5, 5.41) is 0. The van der Waals surface area contributed by atoms with Crippen LogP contribution in [0.5, 0.6) is 0 Å². The number of amides is 2. The third kappa shape index (κ3) is 4.13. The predicted octanol–water partition coefficient (Wildman–Crippen LogP) is 4.99. The Morgan fingerprint density at radius 3 is 2.07 bits per heavy atom. The lowest BCUT2D eigenvalue weighted by Crippen LogP contribution is -2.43. The number of primary amides is 1. The van der Waals surface area contributed by atoms with Gasteiger partial charge in [0.2, 0.25) is 5.91 Å². The van der Waals surface area contributed by atoms with E-state index in [1.54, 1.807) is 17.0 Å². The molecular formula is C26H26N2O2. The van der Waals surface area contributed by atoms with Crippen LogP contribution >= 0.6 is 0 Å². The molecule has 0 saturated heterocycles. The molecule has 2 atom stereocenters. The lowest BCUT2D eigenvalue weighted by molar-refractivity contribution is -0.123. The molecule has 0 radical (unpaired) electrons. The van der Waals surface area contributed by atoms with Gasteiger partial charge in [-0.3, -0.25) is 9.59 Å². The van der Waals surface area contributed by atoms with Crippen molar-refractivity contribution in [2.45, 2.75) is 37.8 Å². The second kappa shape index (κ2) is 8.54. The highest BCUT2D eigenvalue weighted by molar-refractivity contribution is 5.98. The maximum absolute atomic E-state index is 13.6. The Morgan fingerprint density at radius 2 is 1.47 bits per heavy atom. The van der Waals surface area contributed by atoms with Crippen molar-refractivity contribution >= 4 is 11.8 Å². The van der Waals surface area contributed by atoms with Crippen LogP contribution in [0.2, 0.25) is 0 Å². The van der Waals surface area contributed by atoms with Gasteiger partial charge in [0.15, 0.2) is 0 Å². The molecule has 0 bridgehead atoms. The van der Waals surface area contributed by atoms with E-state index in [-0.39, 0.29) is 11.9 Å². The normalized spacial score (nSPS) is 15.2. The Kier molecular flexibility index (Phi) is 5.66. The van der Waals surface area contributed by atoms with E-state index in [2.05, 4.69) is 12.1 Å². The zero-order valence-corrected chi connectivity index (χ0v) is 17.1. The van der Waals surface area contributed by atoms with Gasteiger partial charge in [0, 0.05) is 5.56 Å². The SMILES string of the molecule is C[C@H](c1cccc(C2CC2)c1)N(C(=O)c1ccccc1)[C@H](C(N)=O)c1ccccc1. The highest BCUT2D eigenvalue weighted by Gasteiger charge is 2.35. The molecule has 2 amide bonds. The van der Waals surface area contributed by atoms with Gasteiger partial charge in [-0.25, -0.2) is 0 Å². The maximum Gasteiger partial charge on any atom is 0.255 e. The topological polar surface area (TPSA) is 63.4 Å². The fourth-order valence-electron chi connectivity index (χ4n) is 3.99. The van der Waals surface area contributed by atoms with Crippen LogP contribution in [0.1, 0.15) is 64.8 Å². The van der Waals surface area contributed by atoms with Crippen LogP contribution < -0.4 is 5.73 Å². The van der Waals surface area contributed by atoms with Crippen LogP contribution in [0.3, 0.4) is 0 Å². The van der Waals surface area contributed by atoms with Crippen LogP contribution in [-0.4, -0.2) is 16.7 Å². The van der Waals surface area contributed by atoms with Gasteiger partial charge >= 0.3 is 0 Å². The molecule has 1 aliphatic carbocycles. The van der Waals surface area contributed by atoms with E-state index in [1.165, 1.54) is 18.4 Å². The number of carbonyl (C=O) groups excluding carboxylic acids is 2. The van der Waals surface area contributed by atoms with Crippen LogP contribution in [0.15, 0.2) is 84.9 Å². The summed E-state index contributed by atoms with van der Waals surface area (Å²) in [5.74, 6) is -0.153. The molecule has 4 rings (SSSR count). The minimum Gasteiger partial charge on any atom is -0.368 e. The van der Waals surface area contributed by atoms with Gasteiger partial charge in [-0.15, -0.1) is 0 Å². The molecule has 4 nitrogen and oxygen atoms in total. The Labute approximate surface area is 177 Å². The summed E-state index contributed by atoms with van der Waals surface area (Å²) >= 11 is 0. The van der Waals surface area contributed by atoms with Crippen molar-refractivity contribution in [3.05, 3.63) is 107 Å². The first-order valence-electron chi connectivity index (χ1n) is 10.4. The van der Waals surface area contributed by atoms with E-state index < -0.39 is 11.9 Å². The standard InChI is InChI=1S/C26H26N2O2/c1-18(22-13-8-14-23(17-22)19-15-16-19)28(26(30)21-11-6-3-7-12-21)24(25(27)29)20-9-4-2-5-10-20/h2-14,17-19,24H,15-16H2,1H3,(H2,27,29)/t18-,24+/m1/s1. The number of nitrogens with two attached hydrogens (primary N) is 1. The van der Waals surface area contributed by atoms with E-state index in [4.69, 9.17) is 5.73 Å². The lowest BCUT2D eigenvalue weighted by Gasteiger charge is -2.36. The molecule has 2 N–H and O–H groups in total. The van der Waals surface area contributed by atoms with Crippen LogP contribution in [0.4, 0.5) is 0 Å². The van der Waals surface area contributed by atoms with E-state index in [1.807, 2.05) is 67.6 Å². The van der Waals surface area contributed by atoms with Gasteiger partial charge < -0.3 is 10.6 Å². The molecule has 1 aliphatic rings. The Hall–Kier alpha value is -3.40. The van der Waals surface area contributed by atoms with E-state index in [9.17, 15) is 9.59 Å². The molecule has 0 aliphatic heterocycles. The molecule has 0 heterocycles. The minimum absolute atomic E-state index is 0.215. The largest absolute Gasteiger partial charge is 0.368 e. The molecule has 0 spiro atoms. The van der Waals surface area contributed by atoms with E-state index in [0.29, 0.717) is 17.0 Å². The van der Waals surface area contributed by atoms with Gasteiger partial charge in [0.05, 0.1) is 6.04 Å². The van der Waals surface area contributed by atoms with Crippen molar-refractivity contribution in [1.29, 1.82) is 0 Å². The molecule has 30 heavy (non-hydrogen) atoms. The quantitative estimate of drug-likeness (QED) is 0.609. The summed E-state index contributed by atoms with van der Waals surface area (Å²) in [7, 11) is 0. The third-order valence-corrected chi connectivity index (χ3v) is 5.78. The molecule has 0 unspecified atom stereocenters. The number of hydrogen-bond donors (Lipinski definition) is 1. The summed E-state index contributed by atoms with van der Waals surface area (Å²) in [6.45, 7) is 1.96. The van der Waals surface area contributed by atoms with Crippen LogP contribution in [-0.2, 0) is 4.79 Å². The number of nitrogens with zero attached hydrogens (tertiary/aromatic N) is 1. The number of carbonyl (C=O) groups is 2. The Balaban J connectivity index is 1.79. The summed E-state index contributed by atoms with van der Waals surface area (Å²) in [4.78, 5) is 27.9. The smallest absolute Gasteiger partial charge is 0.255 e. The average Bonchev–Trinajstić information content (AvgIpc) is 3.63. The molecule has 0 aromatic heterocycles. The first kappa shape index (κ1) is 19.9. The van der Waals surface area contributed by atoms with Gasteiger partial charge in [0.25, 0.3) is 5.91 Å². The number of hydrogen-bond acceptors (Lipinski definition) is 2. The molecule has 152 valence electrons. The van der Waals surface area contributed by atoms with Crippen molar-refractivity contribution in [2.75, 3.05) is 0 Å². The molecular weight excluding hydrogens is 372 g/mol. The summed E-state index contributed by atoms with van der Waals surface area (Å²) in [6, 6.07) is 25.5. The first-order valence-corrected chi connectivity index (χ1v) is 10.4. The van der Waals surface area contributed by atoms with Gasteiger partial charge in [-0.2, -0.15) is 0 Å². The van der Waals surface area contributed by atoms with Crippen molar-refractivity contribution in [2.24, 2.45) is 5.73 Å². The first-order chi connectivity index (χ1) is 14.6. The van der Waals surface area contributed by atoms with Crippen LogP contribution in [0.25, 0.3) is 0 Å². The molecule has 3 aromatic carbocycles. The van der Waals surface area contributed by atoms with Crippen molar-refractivity contribution < 1.29 is 9.59 Å². The zero-order chi connectivity index (χ0) is 21.1. The number of rotatable bonds is 7. The highest BCUT2D eigenvalue weighted by atomic mass is 16.2. The molecule has 1 saturated carbocycles. The Morgan fingerprint density at radius 1 is 0.867 bits per heavy atom. The van der Waals surface area contributed by atoms with Crippen molar-refractivity contribution in [3.8, 4) is 0 Å². The average molecular weight is 399 g/mol. The maximum atomic E-state index is 13.6. The summed E-state index contributed by atoms with van der Waals surface area (Å²) in [5.41, 5.74) is 9.40. The van der Waals surface area contributed by atoms with E-state index >= 15 is 0 Å². The predicted molar refractivity (Wildman–Crippen MR) is 118 cm³/mol. The monoisotopic (exact) mass is 398 g/mol. The second-order valence-electron chi connectivity index (χ2n) is 7.91. The molecule has 4 heteroatoms. The van der Waals surface area contributed by atoms with Gasteiger partial charge in [-0.1, -0.05) is 72.8 Å². The summed E-state index contributed by atoms with van der Waals surface area (Å²) < 4.78 is 0. The number of benzene rings is 3. The minimum atomic E-state index is -0.863. The molecule has 3 aromatic rings. The summed E-state index contributed by atoms with van der Waals surface area (Å²) in [6.07, 6.45) is 2.41. The molecule has 1 fully saturated rings. The lowest BCUT2D eigenvalue weighted by atomic mass is 9.96. The van der Waals surface area contributed by atoms with Crippen LogP contribution in [0, 0.1) is 0 Å². The van der Waals surface area contributed by atoms with Crippen molar-refractivity contribution in [3.63, 3.8) is 0 Å². The third-order valence-electron chi connectivity index (χ3n) is 5.78.